The molecule has 0 saturated heterocycles. The molecule has 2 rings (SSSR count). The van der Waals surface area contributed by atoms with Crippen molar-refractivity contribution >= 4 is 12.2 Å². The summed E-state index contributed by atoms with van der Waals surface area (Å²) in [6.07, 6.45) is 3.91. The SMILES string of the molecule is CCCc1cc(=S)nc(-c2ncc(C)cc2C)[nH]1. The van der Waals surface area contributed by atoms with Crippen LogP contribution >= 0.6 is 12.2 Å². The molecule has 0 bridgehead atoms. The first kappa shape index (κ1) is 12.9. The first-order valence-corrected chi connectivity index (χ1v) is 6.55. The van der Waals surface area contributed by atoms with Crippen molar-refractivity contribution in [1.82, 2.24) is 15.0 Å². The molecule has 0 atom stereocenters. The van der Waals surface area contributed by atoms with Gasteiger partial charge in [0.25, 0.3) is 0 Å². The monoisotopic (exact) mass is 259 g/mol. The summed E-state index contributed by atoms with van der Waals surface area (Å²) in [5, 5.41) is 0. The van der Waals surface area contributed by atoms with Crippen LogP contribution in [0.25, 0.3) is 11.5 Å². The van der Waals surface area contributed by atoms with E-state index in [0.29, 0.717) is 4.64 Å². The summed E-state index contributed by atoms with van der Waals surface area (Å²) in [5.41, 5.74) is 4.26. The Morgan fingerprint density at radius 3 is 2.72 bits per heavy atom. The summed E-state index contributed by atoms with van der Waals surface area (Å²) in [6, 6.07) is 4.03. The minimum atomic E-state index is 0.619. The van der Waals surface area contributed by atoms with E-state index in [-0.39, 0.29) is 0 Å². The number of H-pyrrole nitrogens is 1. The van der Waals surface area contributed by atoms with E-state index in [2.05, 4.69) is 27.9 Å². The van der Waals surface area contributed by atoms with E-state index in [1.165, 1.54) is 0 Å². The Kier molecular flexibility index (Phi) is 3.87. The number of nitrogens with one attached hydrogen (secondary N) is 1. The fourth-order valence-corrected chi connectivity index (χ4v) is 2.22. The van der Waals surface area contributed by atoms with Gasteiger partial charge in [-0.3, -0.25) is 4.98 Å². The lowest BCUT2D eigenvalue weighted by atomic mass is 10.1. The molecule has 1 N–H and O–H groups in total. The molecule has 0 radical (unpaired) electrons. The molecule has 0 aromatic carbocycles. The van der Waals surface area contributed by atoms with Gasteiger partial charge in [0.05, 0.1) is 0 Å². The molecular formula is C14H17N3S. The third kappa shape index (κ3) is 2.82. The van der Waals surface area contributed by atoms with Crippen LogP contribution in [0, 0.1) is 18.5 Å². The van der Waals surface area contributed by atoms with E-state index in [1.807, 2.05) is 26.1 Å². The van der Waals surface area contributed by atoms with Gasteiger partial charge in [0.15, 0.2) is 5.82 Å². The molecule has 0 unspecified atom stereocenters. The van der Waals surface area contributed by atoms with Gasteiger partial charge >= 0.3 is 0 Å². The molecular weight excluding hydrogens is 242 g/mol. The smallest absolute Gasteiger partial charge is 0.158 e. The highest BCUT2D eigenvalue weighted by Crippen LogP contribution is 2.18. The zero-order chi connectivity index (χ0) is 13.1. The van der Waals surface area contributed by atoms with Crippen molar-refractivity contribution in [2.24, 2.45) is 0 Å². The van der Waals surface area contributed by atoms with Gasteiger partial charge < -0.3 is 4.98 Å². The second-order valence-electron chi connectivity index (χ2n) is 4.52. The molecule has 2 aromatic rings. The van der Waals surface area contributed by atoms with E-state index in [9.17, 15) is 0 Å². The topological polar surface area (TPSA) is 41.6 Å². The zero-order valence-electron chi connectivity index (χ0n) is 10.9. The number of rotatable bonds is 3. The summed E-state index contributed by atoms with van der Waals surface area (Å²) < 4.78 is 0.619. The van der Waals surface area contributed by atoms with Gasteiger partial charge in [-0.1, -0.05) is 31.6 Å². The van der Waals surface area contributed by atoms with Crippen molar-refractivity contribution < 1.29 is 0 Å². The Bertz CT molecular complexity index is 617. The van der Waals surface area contributed by atoms with Crippen LogP contribution in [0.5, 0.6) is 0 Å². The van der Waals surface area contributed by atoms with Crippen molar-refractivity contribution in [3.63, 3.8) is 0 Å². The lowest BCUT2D eigenvalue weighted by molar-refractivity contribution is 0.871. The largest absolute Gasteiger partial charge is 0.342 e. The standard InChI is InChI=1S/C14H17N3S/c1-4-5-11-7-12(18)17-14(16-11)13-10(3)6-9(2)8-15-13/h6-8H,4-5H2,1-3H3,(H,16,17,18). The molecule has 0 amide bonds. The van der Waals surface area contributed by atoms with Crippen molar-refractivity contribution in [3.05, 3.63) is 39.8 Å². The van der Waals surface area contributed by atoms with Gasteiger partial charge in [-0.15, -0.1) is 0 Å². The number of aromatic nitrogens is 3. The quantitative estimate of drug-likeness (QED) is 0.853. The van der Waals surface area contributed by atoms with Crippen LogP contribution in [0.15, 0.2) is 18.3 Å². The predicted molar refractivity (Wildman–Crippen MR) is 76.1 cm³/mol. The minimum Gasteiger partial charge on any atom is -0.342 e. The Morgan fingerprint density at radius 1 is 1.28 bits per heavy atom. The Hall–Kier alpha value is -1.55. The third-order valence-corrected chi connectivity index (χ3v) is 2.97. The predicted octanol–water partition coefficient (Wildman–Crippen LogP) is 3.77. The number of pyridine rings is 1. The van der Waals surface area contributed by atoms with Crippen LogP contribution in [0.1, 0.15) is 30.2 Å². The number of hydrogen-bond donors (Lipinski definition) is 1. The fraction of sp³-hybridized carbons (Fsp3) is 0.357. The number of hydrogen-bond acceptors (Lipinski definition) is 3. The zero-order valence-corrected chi connectivity index (χ0v) is 11.8. The Balaban J connectivity index is 2.53. The van der Waals surface area contributed by atoms with Crippen molar-refractivity contribution in [2.45, 2.75) is 33.6 Å². The third-order valence-electron chi connectivity index (χ3n) is 2.76. The normalized spacial score (nSPS) is 10.6. The lowest BCUT2D eigenvalue weighted by Crippen LogP contribution is -1.99. The molecule has 0 aliphatic rings. The Labute approximate surface area is 112 Å². The van der Waals surface area contributed by atoms with E-state index < -0.39 is 0 Å². The average Bonchev–Trinajstić information content (AvgIpc) is 2.28. The summed E-state index contributed by atoms with van der Waals surface area (Å²) in [5.74, 6) is 0.767. The lowest BCUT2D eigenvalue weighted by Gasteiger charge is -2.07. The maximum Gasteiger partial charge on any atom is 0.158 e. The molecule has 2 aromatic heterocycles. The molecule has 0 aliphatic heterocycles. The van der Waals surface area contributed by atoms with Gasteiger partial charge in [0, 0.05) is 11.9 Å². The average molecular weight is 259 g/mol. The summed E-state index contributed by atoms with van der Waals surface area (Å²) in [7, 11) is 0. The van der Waals surface area contributed by atoms with Crippen LogP contribution < -0.4 is 0 Å². The molecule has 18 heavy (non-hydrogen) atoms. The van der Waals surface area contributed by atoms with Gasteiger partial charge in [-0.25, -0.2) is 4.98 Å². The fourth-order valence-electron chi connectivity index (χ4n) is 1.99. The van der Waals surface area contributed by atoms with Crippen LogP contribution in [-0.4, -0.2) is 15.0 Å². The molecule has 2 heterocycles. The number of aromatic amines is 1. The van der Waals surface area contributed by atoms with E-state index in [0.717, 1.165) is 41.2 Å². The minimum absolute atomic E-state index is 0.619. The molecule has 0 saturated carbocycles. The van der Waals surface area contributed by atoms with Gasteiger partial charge in [0.1, 0.15) is 10.3 Å². The van der Waals surface area contributed by atoms with Crippen LogP contribution in [0.2, 0.25) is 0 Å². The molecule has 0 spiro atoms. The van der Waals surface area contributed by atoms with E-state index in [4.69, 9.17) is 12.2 Å². The highest BCUT2D eigenvalue weighted by molar-refractivity contribution is 7.71. The molecule has 3 nitrogen and oxygen atoms in total. The maximum absolute atomic E-state index is 5.21. The molecule has 0 fully saturated rings. The highest BCUT2D eigenvalue weighted by Gasteiger charge is 2.07. The molecule has 4 heteroatoms. The van der Waals surface area contributed by atoms with Crippen molar-refractivity contribution in [2.75, 3.05) is 0 Å². The Morgan fingerprint density at radius 2 is 2.06 bits per heavy atom. The maximum atomic E-state index is 5.21. The number of aryl methyl sites for hydroxylation is 3. The van der Waals surface area contributed by atoms with Crippen LogP contribution in [0.3, 0.4) is 0 Å². The molecule has 94 valence electrons. The summed E-state index contributed by atoms with van der Waals surface area (Å²) in [6.45, 7) is 6.22. The highest BCUT2D eigenvalue weighted by atomic mass is 32.1. The van der Waals surface area contributed by atoms with Gasteiger partial charge in [0.2, 0.25) is 0 Å². The second kappa shape index (κ2) is 5.40. The summed E-state index contributed by atoms with van der Waals surface area (Å²) >= 11 is 5.21. The summed E-state index contributed by atoms with van der Waals surface area (Å²) in [4.78, 5) is 12.1. The first-order valence-electron chi connectivity index (χ1n) is 6.14. The first-order chi connectivity index (χ1) is 8.60. The van der Waals surface area contributed by atoms with E-state index >= 15 is 0 Å². The number of nitrogens with zero attached hydrogens (tertiary/aromatic N) is 2. The van der Waals surface area contributed by atoms with E-state index in [1.54, 1.807) is 0 Å². The van der Waals surface area contributed by atoms with Crippen molar-refractivity contribution in [3.8, 4) is 11.5 Å². The molecule has 0 aliphatic carbocycles. The van der Waals surface area contributed by atoms with Gasteiger partial charge in [-0.05, 0) is 37.5 Å². The van der Waals surface area contributed by atoms with Gasteiger partial charge in [-0.2, -0.15) is 0 Å². The second-order valence-corrected chi connectivity index (χ2v) is 4.94. The van der Waals surface area contributed by atoms with Crippen LogP contribution in [-0.2, 0) is 6.42 Å². The van der Waals surface area contributed by atoms with Crippen LogP contribution in [0.4, 0.5) is 0 Å². The van der Waals surface area contributed by atoms with Crippen molar-refractivity contribution in [1.29, 1.82) is 0 Å².